The number of thioether (sulfide) groups is 1. The molecule has 4 nitrogen and oxygen atoms in total. The number of carbonyl (C=O) groups excluding carboxylic acids is 2. The smallest absolute Gasteiger partial charge is 0.316 e. The normalized spacial score (nSPS) is 10.8. The van der Waals surface area contributed by atoms with Gasteiger partial charge in [-0.05, 0) is 35.2 Å². The highest BCUT2D eigenvalue weighted by molar-refractivity contribution is 8.00. The molecule has 24 heavy (non-hydrogen) atoms. The van der Waals surface area contributed by atoms with Gasteiger partial charge in [-0.3, -0.25) is 9.59 Å². The van der Waals surface area contributed by atoms with Gasteiger partial charge in [0.05, 0.1) is 5.75 Å². The largest absolute Gasteiger partial charge is 0.455 e. The van der Waals surface area contributed by atoms with Crippen molar-refractivity contribution in [2.45, 2.75) is 25.2 Å². The highest BCUT2D eigenvalue weighted by Gasteiger charge is 2.08. The predicted octanol–water partition coefficient (Wildman–Crippen LogP) is 3.64. The number of amides is 1. The zero-order valence-corrected chi connectivity index (χ0v) is 14.9. The van der Waals surface area contributed by atoms with E-state index >= 15 is 0 Å². The molecule has 2 rings (SSSR count). The third-order valence-corrected chi connectivity index (χ3v) is 4.45. The fourth-order valence-electron chi connectivity index (χ4n) is 2.14. The Hall–Kier alpha value is -2.01. The van der Waals surface area contributed by atoms with Crippen LogP contribution >= 0.6 is 11.8 Å². The molecule has 0 aliphatic heterocycles. The van der Waals surface area contributed by atoms with E-state index in [2.05, 4.69) is 25.2 Å². The second-order valence-electron chi connectivity index (χ2n) is 5.99. The van der Waals surface area contributed by atoms with Crippen molar-refractivity contribution in [3.8, 4) is 0 Å². The monoisotopic (exact) mass is 345 g/mol. The molecule has 1 N–H and O–H groups in total. The zero-order chi connectivity index (χ0) is 17.4. The van der Waals surface area contributed by atoms with E-state index < -0.39 is 0 Å². The Kier molecular flexibility index (Phi) is 7.12. The van der Waals surface area contributed by atoms with Crippen LogP contribution in [0.3, 0.4) is 0 Å². The van der Waals surface area contributed by atoms with E-state index in [0.717, 1.165) is 16.7 Å². The summed E-state index contributed by atoms with van der Waals surface area (Å²) in [6.45, 7) is 4.58. The van der Waals surface area contributed by atoms with Crippen molar-refractivity contribution >= 4 is 34.4 Å². The van der Waals surface area contributed by atoms with Gasteiger partial charge >= 0.3 is 5.97 Å². The Morgan fingerprint density at radius 2 is 1.88 bits per heavy atom. The molecule has 1 amide bonds. The number of esters is 1. The van der Waals surface area contributed by atoms with Crippen LogP contribution < -0.4 is 5.32 Å². The molecule has 0 saturated heterocycles. The van der Waals surface area contributed by atoms with Gasteiger partial charge in [-0.25, -0.2) is 0 Å². The van der Waals surface area contributed by atoms with Crippen LogP contribution in [-0.2, 0) is 14.3 Å². The van der Waals surface area contributed by atoms with Gasteiger partial charge in [0.25, 0.3) is 5.91 Å². The van der Waals surface area contributed by atoms with E-state index in [9.17, 15) is 9.59 Å². The summed E-state index contributed by atoms with van der Waals surface area (Å²) in [5.74, 6) is 0.0931. The van der Waals surface area contributed by atoms with Crippen LogP contribution in [0.5, 0.6) is 0 Å². The standard InChI is InChI=1S/C19H23NO3S/c1-14(2)9-10-20-18(21)12-23-19(22)13-24-17-8-7-15-5-3-4-6-16(15)11-17/h3-8,11,14H,9-10,12-13H2,1-2H3,(H,20,21). The maximum atomic E-state index is 11.7. The Morgan fingerprint density at radius 3 is 2.62 bits per heavy atom. The van der Waals surface area contributed by atoms with Crippen LogP contribution in [0.4, 0.5) is 0 Å². The van der Waals surface area contributed by atoms with E-state index in [1.54, 1.807) is 0 Å². The molecule has 0 heterocycles. The third kappa shape index (κ3) is 6.24. The van der Waals surface area contributed by atoms with Gasteiger partial charge in [0.1, 0.15) is 0 Å². The van der Waals surface area contributed by atoms with E-state index in [-0.39, 0.29) is 24.2 Å². The summed E-state index contributed by atoms with van der Waals surface area (Å²) in [5, 5.41) is 5.05. The molecular formula is C19H23NO3S. The van der Waals surface area contributed by atoms with Crippen LogP contribution in [0.15, 0.2) is 47.4 Å². The van der Waals surface area contributed by atoms with E-state index in [0.29, 0.717) is 12.5 Å². The van der Waals surface area contributed by atoms with Crippen molar-refractivity contribution in [1.29, 1.82) is 0 Å². The van der Waals surface area contributed by atoms with Crippen molar-refractivity contribution < 1.29 is 14.3 Å². The molecule has 0 atom stereocenters. The molecular weight excluding hydrogens is 322 g/mol. The summed E-state index contributed by atoms with van der Waals surface area (Å²) in [4.78, 5) is 24.3. The third-order valence-electron chi connectivity index (χ3n) is 3.49. The van der Waals surface area contributed by atoms with Crippen LogP contribution in [0.2, 0.25) is 0 Å². The molecule has 2 aromatic carbocycles. The van der Waals surface area contributed by atoms with Crippen molar-refractivity contribution in [2.24, 2.45) is 5.92 Å². The summed E-state index contributed by atoms with van der Waals surface area (Å²) in [6.07, 6.45) is 0.914. The van der Waals surface area contributed by atoms with E-state index in [4.69, 9.17) is 4.74 Å². The van der Waals surface area contributed by atoms with Gasteiger partial charge in [0.2, 0.25) is 0 Å². The molecule has 0 saturated carbocycles. The van der Waals surface area contributed by atoms with E-state index in [1.165, 1.54) is 17.1 Å². The first-order valence-corrected chi connectivity index (χ1v) is 9.07. The van der Waals surface area contributed by atoms with Crippen LogP contribution in [0.1, 0.15) is 20.3 Å². The highest BCUT2D eigenvalue weighted by Crippen LogP contribution is 2.23. The molecule has 0 aromatic heterocycles. The number of carbonyl (C=O) groups is 2. The average molecular weight is 345 g/mol. The number of ether oxygens (including phenoxy) is 1. The number of hydrogen-bond acceptors (Lipinski definition) is 4. The van der Waals surface area contributed by atoms with Gasteiger partial charge in [-0.15, -0.1) is 11.8 Å². The maximum absolute atomic E-state index is 11.7. The van der Waals surface area contributed by atoms with Gasteiger partial charge in [-0.1, -0.05) is 44.2 Å². The molecule has 128 valence electrons. The lowest BCUT2D eigenvalue weighted by Crippen LogP contribution is -2.30. The first kappa shape index (κ1) is 18.3. The van der Waals surface area contributed by atoms with Gasteiger partial charge in [-0.2, -0.15) is 0 Å². The summed E-state index contributed by atoms with van der Waals surface area (Å²) in [5.41, 5.74) is 0. The van der Waals surface area contributed by atoms with Gasteiger partial charge < -0.3 is 10.1 Å². The lowest BCUT2D eigenvalue weighted by Gasteiger charge is -2.08. The summed E-state index contributed by atoms with van der Waals surface area (Å²) in [7, 11) is 0. The van der Waals surface area contributed by atoms with Crippen molar-refractivity contribution in [1.82, 2.24) is 5.32 Å². The van der Waals surface area contributed by atoms with Crippen LogP contribution in [0.25, 0.3) is 10.8 Å². The molecule has 0 fully saturated rings. The predicted molar refractivity (Wildman–Crippen MR) is 98.1 cm³/mol. The summed E-state index contributed by atoms with van der Waals surface area (Å²) >= 11 is 1.41. The first-order valence-electron chi connectivity index (χ1n) is 8.08. The minimum absolute atomic E-state index is 0.192. The molecule has 5 heteroatoms. The Morgan fingerprint density at radius 1 is 1.12 bits per heavy atom. The SMILES string of the molecule is CC(C)CCNC(=O)COC(=O)CSc1ccc2ccccc2c1. The topological polar surface area (TPSA) is 55.4 Å². The second-order valence-corrected chi connectivity index (χ2v) is 7.04. The molecule has 0 radical (unpaired) electrons. The van der Waals surface area contributed by atoms with Gasteiger partial charge in [0, 0.05) is 11.4 Å². The highest BCUT2D eigenvalue weighted by atomic mass is 32.2. The van der Waals surface area contributed by atoms with Crippen molar-refractivity contribution in [3.63, 3.8) is 0 Å². The van der Waals surface area contributed by atoms with Crippen molar-refractivity contribution in [3.05, 3.63) is 42.5 Å². The minimum atomic E-state index is -0.382. The molecule has 0 spiro atoms. The fraction of sp³-hybridized carbons (Fsp3) is 0.368. The van der Waals surface area contributed by atoms with Crippen molar-refractivity contribution in [2.75, 3.05) is 18.9 Å². The maximum Gasteiger partial charge on any atom is 0.316 e. The average Bonchev–Trinajstić information content (AvgIpc) is 2.57. The summed E-state index contributed by atoms with van der Waals surface area (Å²) < 4.78 is 5.00. The lowest BCUT2D eigenvalue weighted by atomic mass is 10.1. The number of rotatable bonds is 8. The Bertz CT molecular complexity index is 700. The molecule has 0 aliphatic carbocycles. The molecule has 0 aliphatic rings. The van der Waals surface area contributed by atoms with E-state index in [1.807, 2.05) is 36.4 Å². The lowest BCUT2D eigenvalue weighted by molar-refractivity contribution is -0.145. The number of hydrogen-bond donors (Lipinski definition) is 1. The number of benzene rings is 2. The second kappa shape index (κ2) is 9.33. The van der Waals surface area contributed by atoms with Gasteiger partial charge in [0.15, 0.2) is 6.61 Å². The quantitative estimate of drug-likeness (QED) is 0.586. The number of fused-ring (bicyclic) bond motifs is 1. The Balaban J connectivity index is 1.71. The van der Waals surface area contributed by atoms with Crippen LogP contribution in [-0.4, -0.2) is 30.8 Å². The molecule has 0 bridgehead atoms. The molecule has 2 aromatic rings. The molecule has 0 unspecified atom stereocenters. The minimum Gasteiger partial charge on any atom is -0.455 e. The zero-order valence-electron chi connectivity index (χ0n) is 14.1. The first-order chi connectivity index (χ1) is 11.5. The summed E-state index contributed by atoms with van der Waals surface area (Å²) in [6, 6.07) is 14.1. The fourth-order valence-corrected chi connectivity index (χ4v) is 2.88. The number of nitrogens with one attached hydrogen (secondary N) is 1. The van der Waals surface area contributed by atoms with Crippen LogP contribution in [0, 0.1) is 5.92 Å². The Labute approximate surface area is 147 Å².